The van der Waals surface area contributed by atoms with Crippen LogP contribution in [0.15, 0.2) is 24.3 Å². The first-order valence-electron chi connectivity index (χ1n) is 11.7. The average Bonchev–Trinajstić information content (AvgIpc) is 3.52. The third kappa shape index (κ3) is 3.85. The van der Waals surface area contributed by atoms with E-state index in [0.29, 0.717) is 37.2 Å². The molecular formula is C24H31N3O5. The van der Waals surface area contributed by atoms with Gasteiger partial charge in [-0.3, -0.25) is 19.3 Å². The molecule has 4 aliphatic rings. The van der Waals surface area contributed by atoms with Crippen molar-refractivity contribution in [3.63, 3.8) is 0 Å². The number of piperidine rings is 1. The Labute approximate surface area is 188 Å². The van der Waals surface area contributed by atoms with E-state index in [4.69, 9.17) is 9.47 Å². The van der Waals surface area contributed by atoms with E-state index in [-0.39, 0.29) is 36.3 Å². The predicted octanol–water partition coefficient (Wildman–Crippen LogP) is 1.93. The fourth-order valence-corrected chi connectivity index (χ4v) is 4.95. The van der Waals surface area contributed by atoms with Crippen LogP contribution in [0.2, 0.25) is 0 Å². The maximum absolute atomic E-state index is 13.7. The number of rotatable bonds is 5. The summed E-state index contributed by atoms with van der Waals surface area (Å²) in [6.07, 6.45) is 6.07. The smallest absolute Gasteiger partial charge is 0.256 e. The van der Waals surface area contributed by atoms with Gasteiger partial charge >= 0.3 is 0 Å². The Morgan fingerprint density at radius 2 is 1.75 bits per heavy atom. The van der Waals surface area contributed by atoms with Crippen molar-refractivity contribution in [1.82, 2.24) is 15.1 Å². The Balaban J connectivity index is 1.37. The van der Waals surface area contributed by atoms with Crippen LogP contribution in [0.25, 0.3) is 0 Å². The Kier molecular flexibility index (Phi) is 5.57. The number of benzene rings is 1. The van der Waals surface area contributed by atoms with Gasteiger partial charge in [-0.05, 0) is 49.9 Å². The van der Waals surface area contributed by atoms with Gasteiger partial charge in [-0.15, -0.1) is 0 Å². The fraction of sp³-hybridized carbons (Fsp3) is 0.625. The molecule has 5 rings (SSSR count). The molecule has 8 heteroatoms. The zero-order valence-electron chi connectivity index (χ0n) is 18.5. The predicted molar refractivity (Wildman–Crippen MR) is 116 cm³/mol. The number of methoxy groups -OCH3 is 1. The highest BCUT2D eigenvalue weighted by Gasteiger charge is 2.54. The molecule has 8 nitrogen and oxygen atoms in total. The third-order valence-corrected chi connectivity index (χ3v) is 7.35. The summed E-state index contributed by atoms with van der Waals surface area (Å²) in [5, 5.41) is 3.03. The molecule has 2 aliphatic carbocycles. The highest BCUT2D eigenvalue weighted by atomic mass is 16.5. The minimum atomic E-state index is -0.862. The number of carbonyl (C=O) groups excluding carboxylic acids is 3. The van der Waals surface area contributed by atoms with Crippen molar-refractivity contribution in [3.05, 3.63) is 29.8 Å². The van der Waals surface area contributed by atoms with Crippen LogP contribution in [0.5, 0.6) is 5.75 Å². The Hall–Kier alpha value is -2.61. The van der Waals surface area contributed by atoms with Crippen LogP contribution >= 0.6 is 0 Å². The van der Waals surface area contributed by atoms with E-state index >= 15 is 0 Å². The lowest BCUT2D eigenvalue weighted by Gasteiger charge is -2.45. The van der Waals surface area contributed by atoms with Crippen molar-refractivity contribution in [2.24, 2.45) is 5.92 Å². The van der Waals surface area contributed by atoms with E-state index in [9.17, 15) is 14.4 Å². The topological polar surface area (TPSA) is 88.2 Å². The van der Waals surface area contributed by atoms with E-state index in [1.807, 2.05) is 4.90 Å². The largest absolute Gasteiger partial charge is 0.497 e. The van der Waals surface area contributed by atoms with E-state index in [0.717, 1.165) is 32.1 Å². The van der Waals surface area contributed by atoms with Crippen molar-refractivity contribution < 1.29 is 23.9 Å². The van der Waals surface area contributed by atoms with E-state index in [1.165, 1.54) is 0 Å². The van der Waals surface area contributed by atoms with Gasteiger partial charge in [-0.2, -0.15) is 0 Å². The summed E-state index contributed by atoms with van der Waals surface area (Å²) >= 11 is 0. The summed E-state index contributed by atoms with van der Waals surface area (Å²) in [5.41, 5.74) is -0.369. The maximum Gasteiger partial charge on any atom is 0.256 e. The molecule has 1 unspecified atom stereocenters. The molecule has 2 saturated carbocycles. The van der Waals surface area contributed by atoms with Crippen molar-refractivity contribution in [3.8, 4) is 5.75 Å². The zero-order valence-corrected chi connectivity index (χ0v) is 18.5. The van der Waals surface area contributed by atoms with Crippen LogP contribution in [0.1, 0.15) is 55.3 Å². The minimum Gasteiger partial charge on any atom is -0.497 e. The number of amides is 3. The van der Waals surface area contributed by atoms with Crippen molar-refractivity contribution in [1.29, 1.82) is 0 Å². The van der Waals surface area contributed by atoms with Crippen LogP contribution in [-0.2, 0) is 14.3 Å². The molecule has 2 heterocycles. The summed E-state index contributed by atoms with van der Waals surface area (Å²) in [7, 11) is 1.58. The Bertz CT molecular complexity index is 885. The first-order chi connectivity index (χ1) is 15.5. The molecular weight excluding hydrogens is 410 g/mol. The van der Waals surface area contributed by atoms with Gasteiger partial charge in [0.2, 0.25) is 11.8 Å². The number of nitrogens with zero attached hydrogens (tertiary/aromatic N) is 2. The van der Waals surface area contributed by atoms with Gasteiger partial charge in [0, 0.05) is 43.5 Å². The molecule has 2 saturated heterocycles. The minimum absolute atomic E-state index is 0.154. The second-order valence-corrected chi connectivity index (χ2v) is 9.41. The monoisotopic (exact) mass is 441 g/mol. The van der Waals surface area contributed by atoms with Crippen molar-refractivity contribution in [2.45, 2.75) is 62.8 Å². The normalized spacial score (nSPS) is 24.8. The molecule has 4 fully saturated rings. The summed E-state index contributed by atoms with van der Waals surface area (Å²) in [5.74, 6) is 0.668. The SMILES string of the molecule is COc1ccc(C(=O)N2C(C(=O)NC3CC3)COC23CCN(C(=O)C2CCC2)CC3)cc1. The van der Waals surface area contributed by atoms with Crippen molar-refractivity contribution in [2.75, 3.05) is 26.8 Å². The molecule has 3 amide bonds. The Morgan fingerprint density at radius 3 is 2.31 bits per heavy atom. The zero-order chi connectivity index (χ0) is 22.3. The van der Waals surface area contributed by atoms with Gasteiger partial charge in [-0.1, -0.05) is 6.42 Å². The molecule has 1 aromatic rings. The summed E-state index contributed by atoms with van der Waals surface area (Å²) in [6, 6.07) is 6.47. The number of hydrogen-bond acceptors (Lipinski definition) is 5. The average molecular weight is 442 g/mol. The van der Waals surface area contributed by atoms with E-state index in [2.05, 4.69) is 5.32 Å². The summed E-state index contributed by atoms with van der Waals surface area (Å²) in [4.78, 5) is 42.9. The lowest BCUT2D eigenvalue weighted by atomic mass is 9.83. The van der Waals surface area contributed by atoms with Crippen LogP contribution in [0, 0.1) is 5.92 Å². The third-order valence-electron chi connectivity index (χ3n) is 7.35. The molecule has 0 aromatic heterocycles. The number of nitrogens with one attached hydrogen (secondary N) is 1. The molecule has 172 valence electrons. The van der Waals surface area contributed by atoms with Crippen LogP contribution < -0.4 is 10.1 Å². The quantitative estimate of drug-likeness (QED) is 0.755. The standard InChI is InChI=1S/C24H31N3O5/c1-31-19-9-5-17(6-10-19)23(30)27-20(21(28)25-18-7-8-18)15-32-24(27)11-13-26(14-12-24)22(29)16-3-2-4-16/h5-6,9-10,16,18,20H,2-4,7-8,11-15H2,1H3,(H,25,28). The van der Waals surface area contributed by atoms with Gasteiger partial charge in [0.15, 0.2) is 0 Å². The first kappa shape index (κ1) is 21.2. The number of hydrogen-bond donors (Lipinski definition) is 1. The van der Waals surface area contributed by atoms with Crippen LogP contribution in [0.4, 0.5) is 0 Å². The molecule has 1 N–H and O–H groups in total. The number of carbonyl (C=O) groups is 3. The highest BCUT2D eigenvalue weighted by Crippen LogP contribution is 2.40. The fourth-order valence-electron chi connectivity index (χ4n) is 4.95. The number of likely N-dealkylation sites (tertiary alicyclic amines) is 1. The van der Waals surface area contributed by atoms with Gasteiger partial charge in [-0.25, -0.2) is 0 Å². The molecule has 0 bridgehead atoms. The van der Waals surface area contributed by atoms with E-state index in [1.54, 1.807) is 36.3 Å². The molecule has 1 spiro atoms. The molecule has 1 atom stereocenters. The van der Waals surface area contributed by atoms with Gasteiger partial charge in [0.1, 0.15) is 17.5 Å². The maximum atomic E-state index is 13.7. The summed E-state index contributed by atoms with van der Waals surface area (Å²) in [6.45, 7) is 1.26. The second kappa shape index (κ2) is 8.39. The highest BCUT2D eigenvalue weighted by molar-refractivity contribution is 5.98. The first-order valence-corrected chi connectivity index (χ1v) is 11.7. The number of ether oxygens (including phenoxy) is 2. The van der Waals surface area contributed by atoms with E-state index < -0.39 is 11.8 Å². The van der Waals surface area contributed by atoms with Crippen LogP contribution in [-0.4, -0.2) is 72.1 Å². The van der Waals surface area contributed by atoms with Crippen LogP contribution in [0.3, 0.4) is 0 Å². The molecule has 0 radical (unpaired) electrons. The van der Waals surface area contributed by atoms with Gasteiger partial charge in [0.25, 0.3) is 5.91 Å². The molecule has 2 aliphatic heterocycles. The van der Waals surface area contributed by atoms with Gasteiger partial charge in [0.05, 0.1) is 13.7 Å². The Morgan fingerprint density at radius 1 is 1.06 bits per heavy atom. The summed E-state index contributed by atoms with van der Waals surface area (Å²) < 4.78 is 11.4. The molecule has 32 heavy (non-hydrogen) atoms. The molecule has 1 aromatic carbocycles. The van der Waals surface area contributed by atoms with Gasteiger partial charge < -0.3 is 19.7 Å². The lowest BCUT2D eigenvalue weighted by molar-refractivity contribution is -0.149. The lowest BCUT2D eigenvalue weighted by Crippen LogP contribution is -2.60. The second-order valence-electron chi connectivity index (χ2n) is 9.41. The van der Waals surface area contributed by atoms with Crippen molar-refractivity contribution >= 4 is 17.7 Å².